The highest BCUT2D eigenvalue weighted by molar-refractivity contribution is 5.67. The van der Waals surface area contributed by atoms with Crippen LogP contribution in [0.2, 0.25) is 0 Å². The molecule has 20 heavy (non-hydrogen) atoms. The van der Waals surface area contributed by atoms with Crippen LogP contribution in [0, 0.1) is 5.82 Å². The van der Waals surface area contributed by atoms with E-state index in [1.807, 2.05) is 13.8 Å². The Morgan fingerprint density at radius 3 is 2.50 bits per heavy atom. The molecule has 0 fully saturated rings. The van der Waals surface area contributed by atoms with Crippen molar-refractivity contribution in [3.05, 3.63) is 29.6 Å². The fourth-order valence-corrected chi connectivity index (χ4v) is 2.38. The third kappa shape index (κ3) is 4.49. The van der Waals surface area contributed by atoms with Gasteiger partial charge in [-0.25, -0.2) is 4.39 Å². The van der Waals surface area contributed by atoms with Gasteiger partial charge in [0, 0.05) is 6.04 Å². The van der Waals surface area contributed by atoms with Crippen molar-refractivity contribution in [1.82, 2.24) is 4.90 Å². The Bertz CT molecular complexity index is 447. The molecule has 1 unspecified atom stereocenters. The van der Waals surface area contributed by atoms with Crippen LogP contribution in [-0.4, -0.2) is 42.2 Å². The Balaban J connectivity index is 2.88. The molecule has 0 aliphatic heterocycles. The fraction of sp³-hybridized carbons (Fsp3) is 0.533. The van der Waals surface area contributed by atoms with Crippen molar-refractivity contribution >= 4 is 5.97 Å². The average Bonchev–Trinajstić information content (AvgIpc) is 2.39. The van der Waals surface area contributed by atoms with E-state index in [-0.39, 0.29) is 18.2 Å². The summed E-state index contributed by atoms with van der Waals surface area (Å²) in [4.78, 5) is 13.1. The monoisotopic (exact) mass is 283 g/mol. The number of ether oxygens (including phenoxy) is 1. The molecule has 0 heterocycles. The highest BCUT2D eigenvalue weighted by Crippen LogP contribution is 2.20. The molecule has 0 saturated heterocycles. The van der Waals surface area contributed by atoms with E-state index in [2.05, 4.69) is 4.90 Å². The number of carbonyl (C=O) groups is 1. The molecular formula is C15H22FNO3. The molecular weight excluding hydrogens is 261 g/mol. The van der Waals surface area contributed by atoms with E-state index >= 15 is 0 Å². The molecule has 0 spiro atoms. The van der Waals surface area contributed by atoms with E-state index in [1.165, 1.54) is 13.2 Å². The second kappa shape index (κ2) is 7.85. The summed E-state index contributed by atoms with van der Waals surface area (Å²) in [6, 6.07) is 4.64. The molecule has 0 amide bonds. The Labute approximate surface area is 119 Å². The second-order valence-corrected chi connectivity index (χ2v) is 4.65. The summed E-state index contributed by atoms with van der Waals surface area (Å²) in [6.45, 7) is 5.53. The number of nitrogens with zero attached hydrogens (tertiary/aromatic N) is 1. The lowest BCUT2D eigenvalue weighted by Crippen LogP contribution is -2.38. The predicted molar refractivity (Wildman–Crippen MR) is 75.6 cm³/mol. The van der Waals surface area contributed by atoms with Crippen LogP contribution in [0.5, 0.6) is 5.75 Å². The number of likely N-dealkylation sites (N-methyl/N-ethyl adjacent to an activating group) is 1. The maximum Gasteiger partial charge on any atom is 0.304 e. The maximum atomic E-state index is 13.7. The molecule has 0 saturated carbocycles. The minimum atomic E-state index is -0.837. The highest BCUT2D eigenvalue weighted by atomic mass is 19.1. The molecule has 1 N–H and O–H groups in total. The number of aliphatic carboxylic acids is 1. The average molecular weight is 283 g/mol. The topological polar surface area (TPSA) is 49.8 Å². The summed E-state index contributed by atoms with van der Waals surface area (Å²) in [5.41, 5.74) is 0.779. The number of methoxy groups -OCH3 is 1. The summed E-state index contributed by atoms with van der Waals surface area (Å²) < 4.78 is 18.6. The van der Waals surface area contributed by atoms with E-state index in [1.54, 1.807) is 12.1 Å². The molecule has 112 valence electrons. The third-order valence-electron chi connectivity index (χ3n) is 3.43. The van der Waals surface area contributed by atoms with Crippen molar-refractivity contribution < 1.29 is 19.0 Å². The zero-order valence-electron chi connectivity index (χ0n) is 12.2. The van der Waals surface area contributed by atoms with Gasteiger partial charge in [-0.05, 0) is 37.2 Å². The number of hydrogen-bond acceptors (Lipinski definition) is 3. The van der Waals surface area contributed by atoms with Crippen LogP contribution in [0.15, 0.2) is 18.2 Å². The molecule has 0 bridgehead atoms. The summed E-state index contributed by atoms with van der Waals surface area (Å²) >= 11 is 0. The summed E-state index contributed by atoms with van der Waals surface area (Å²) in [7, 11) is 1.42. The zero-order chi connectivity index (χ0) is 15.1. The van der Waals surface area contributed by atoms with E-state index < -0.39 is 11.8 Å². The summed E-state index contributed by atoms with van der Waals surface area (Å²) in [5.74, 6) is -1.05. The lowest BCUT2D eigenvalue weighted by atomic mass is 10.0. The van der Waals surface area contributed by atoms with E-state index in [4.69, 9.17) is 9.84 Å². The van der Waals surface area contributed by atoms with Crippen molar-refractivity contribution in [2.45, 2.75) is 32.7 Å². The number of halogens is 1. The van der Waals surface area contributed by atoms with Gasteiger partial charge in [-0.3, -0.25) is 4.79 Å². The van der Waals surface area contributed by atoms with Crippen LogP contribution in [0.1, 0.15) is 25.8 Å². The van der Waals surface area contributed by atoms with Gasteiger partial charge in [0.05, 0.1) is 13.5 Å². The van der Waals surface area contributed by atoms with Gasteiger partial charge in [-0.15, -0.1) is 0 Å². The number of rotatable bonds is 8. The van der Waals surface area contributed by atoms with E-state index in [9.17, 15) is 9.18 Å². The maximum absolute atomic E-state index is 13.7. The normalized spacial score (nSPS) is 12.4. The Morgan fingerprint density at radius 1 is 1.40 bits per heavy atom. The summed E-state index contributed by atoms with van der Waals surface area (Å²) in [5, 5.41) is 9.02. The lowest BCUT2D eigenvalue weighted by Gasteiger charge is -2.28. The minimum Gasteiger partial charge on any atom is -0.494 e. The molecule has 0 aliphatic rings. The first-order valence-corrected chi connectivity index (χ1v) is 6.80. The van der Waals surface area contributed by atoms with E-state index in [0.717, 1.165) is 18.7 Å². The van der Waals surface area contributed by atoms with Crippen molar-refractivity contribution in [1.29, 1.82) is 0 Å². The summed E-state index contributed by atoms with van der Waals surface area (Å²) in [6.07, 6.45) is 0.560. The first-order valence-electron chi connectivity index (χ1n) is 6.80. The van der Waals surface area contributed by atoms with Gasteiger partial charge in [-0.1, -0.05) is 19.9 Å². The van der Waals surface area contributed by atoms with Crippen LogP contribution in [-0.2, 0) is 11.2 Å². The van der Waals surface area contributed by atoms with Gasteiger partial charge in [0.2, 0.25) is 0 Å². The SMILES string of the molecule is CCN(CC)C(CC(=O)O)Cc1ccc(OC)c(F)c1. The van der Waals surface area contributed by atoms with Crippen LogP contribution in [0.3, 0.4) is 0 Å². The van der Waals surface area contributed by atoms with Gasteiger partial charge in [0.25, 0.3) is 0 Å². The van der Waals surface area contributed by atoms with Crippen LogP contribution in [0.4, 0.5) is 4.39 Å². The van der Waals surface area contributed by atoms with Crippen molar-refractivity contribution in [3.63, 3.8) is 0 Å². The quantitative estimate of drug-likeness (QED) is 0.796. The minimum absolute atomic E-state index is 0.0509. The van der Waals surface area contributed by atoms with Crippen LogP contribution < -0.4 is 4.74 Å². The number of hydrogen-bond donors (Lipinski definition) is 1. The standard InChI is InChI=1S/C15H22FNO3/c1-4-17(5-2)12(10-15(18)19)8-11-6-7-14(20-3)13(16)9-11/h6-7,9,12H,4-5,8,10H2,1-3H3,(H,18,19). The zero-order valence-corrected chi connectivity index (χ0v) is 12.2. The van der Waals surface area contributed by atoms with Crippen LogP contribution in [0.25, 0.3) is 0 Å². The number of carboxylic acid groups (broad SMARTS) is 1. The van der Waals surface area contributed by atoms with E-state index in [0.29, 0.717) is 6.42 Å². The molecule has 1 aromatic rings. The van der Waals surface area contributed by atoms with Gasteiger partial charge >= 0.3 is 5.97 Å². The number of benzene rings is 1. The van der Waals surface area contributed by atoms with Gasteiger partial charge in [0.1, 0.15) is 0 Å². The Kier molecular flexibility index (Phi) is 6.45. The second-order valence-electron chi connectivity index (χ2n) is 4.65. The largest absolute Gasteiger partial charge is 0.494 e. The fourth-order valence-electron chi connectivity index (χ4n) is 2.38. The van der Waals surface area contributed by atoms with Crippen molar-refractivity contribution in [2.75, 3.05) is 20.2 Å². The van der Waals surface area contributed by atoms with Gasteiger partial charge in [-0.2, -0.15) is 0 Å². The van der Waals surface area contributed by atoms with Gasteiger partial charge < -0.3 is 14.7 Å². The van der Waals surface area contributed by atoms with Crippen molar-refractivity contribution in [2.24, 2.45) is 0 Å². The van der Waals surface area contributed by atoms with Gasteiger partial charge in [0.15, 0.2) is 11.6 Å². The van der Waals surface area contributed by atoms with Crippen molar-refractivity contribution in [3.8, 4) is 5.75 Å². The molecule has 0 aliphatic carbocycles. The third-order valence-corrected chi connectivity index (χ3v) is 3.43. The molecule has 0 aromatic heterocycles. The highest BCUT2D eigenvalue weighted by Gasteiger charge is 2.20. The lowest BCUT2D eigenvalue weighted by molar-refractivity contribution is -0.138. The predicted octanol–water partition coefficient (Wildman–Crippen LogP) is 2.56. The first-order chi connectivity index (χ1) is 9.51. The Hall–Kier alpha value is -1.62. The molecule has 5 heteroatoms. The first kappa shape index (κ1) is 16.4. The molecule has 1 rings (SSSR count). The molecule has 0 radical (unpaired) electrons. The number of carboxylic acids is 1. The Morgan fingerprint density at radius 2 is 2.05 bits per heavy atom. The van der Waals surface area contributed by atoms with Crippen LogP contribution >= 0.6 is 0 Å². The molecule has 1 atom stereocenters. The molecule has 4 nitrogen and oxygen atoms in total. The molecule has 1 aromatic carbocycles. The smallest absolute Gasteiger partial charge is 0.304 e.